The van der Waals surface area contributed by atoms with E-state index >= 15 is 0 Å². The third kappa shape index (κ3) is 1.54. The summed E-state index contributed by atoms with van der Waals surface area (Å²) in [6, 6.07) is 0. The van der Waals surface area contributed by atoms with Crippen LogP contribution in [0.3, 0.4) is 0 Å². The number of aliphatic carboxylic acids is 1. The molecule has 5 heteroatoms. The van der Waals surface area contributed by atoms with Gasteiger partial charge in [0.2, 0.25) is 11.8 Å². The number of nitrogens with zero attached hydrogens (tertiary/aromatic N) is 2. The largest absolute Gasteiger partial charge is 0.481 e. The van der Waals surface area contributed by atoms with E-state index < -0.39 is 5.97 Å². The molecular weight excluding hydrogens is 136 g/mol. The Morgan fingerprint density at radius 3 is 2.80 bits per heavy atom. The fourth-order valence-corrected chi connectivity index (χ4v) is 0.538. The Morgan fingerprint density at radius 2 is 2.40 bits per heavy atom. The summed E-state index contributed by atoms with van der Waals surface area (Å²) in [7, 11) is 0. The highest BCUT2D eigenvalue weighted by molar-refractivity contribution is 5.68. The molecule has 0 saturated carbocycles. The maximum absolute atomic E-state index is 10.1. The highest BCUT2D eigenvalue weighted by Crippen LogP contribution is 1.97. The van der Waals surface area contributed by atoms with Gasteiger partial charge in [0.15, 0.2) is 0 Å². The highest BCUT2D eigenvalue weighted by atomic mass is 16.4. The highest BCUT2D eigenvalue weighted by Gasteiger charge is 2.05. The summed E-state index contributed by atoms with van der Waals surface area (Å²) in [6.07, 6.45) is -0.208. The molecule has 1 aromatic rings. The Bertz CT molecular complexity index is 243. The van der Waals surface area contributed by atoms with Gasteiger partial charge in [-0.1, -0.05) is 0 Å². The maximum atomic E-state index is 10.1. The van der Waals surface area contributed by atoms with E-state index in [9.17, 15) is 4.79 Å². The van der Waals surface area contributed by atoms with Crippen LogP contribution in [-0.4, -0.2) is 21.3 Å². The average molecular weight is 142 g/mol. The van der Waals surface area contributed by atoms with Gasteiger partial charge in [-0.3, -0.25) is 4.79 Å². The van der Waals surface area contributed by atoms with Crippen LogP contribution in [0.2, 0.25) is 0 Å². The summed E-state index contributed by atoms with van der Waals surface area (Å²) >= 11 is 0. The first-order valence-electron chi connectivity index (χ1n) is 2.69. The SMILES string of the molecule is Cc1nnc(CC(=O)O)o1. The van der Waals surface area contributed by atoms with Crippen molar-refractivity contribution in [1.29, 1.82) is 0 Å². The van der Waals surface area contributed by atoms with Crippen molar-refractivity contribution in [2.45, 2.75) is 13.3 Å². The van der Waals surface area contributed by atoms with Crippen LogP contribution >= 0.6 is 0 Å². The van der Waals surface area contributed by atoms with E-state index in [0.29, 0.717) is 5.89 Å². The van der Waals surface area contributed by atoms with Gasteiger partial charge in [0, 0.05) is 6.92 Å². The van der Waals surface area contributed by atoms with Crippen LogP contribution in [0.5, 0.6) is 0 Å². The summed E-state index contributed by atoms with van der Waals surface area (Å²) in [5, 5.41) is 15.2. The van der Waals surface area contributed by atoms with Crippen molar-refractivity contribution in [3.8, 4) is 0 Å². The molecule has 1 N–H and O–H groups in total. The Morgan fingerprint density at radius 1 is 1.70 bits per heavy atom. The van der Waals surface area contributed by atoms with Crippen molar-refractivity contribution in [2.24, 2.45) is 0 Å². The predicted octanol–water partition coefficient (Wildman–Crippen LogP) is 0.00512. The van der Waals surface area contributed by atoms with Gasteiger partial charge in [0.25, 0.3) is 0 Å². The normalized spacial score (nSPS) is 9.70. The van der Waals surface area contributed by atoms with Crippen molar-refractivity contribution >= 4 is 5.97 Å². The van der Waals surface area contributed by atoms with Crippen molar-refractivity contribution in [3.05, 3.63) is 11.8 Å². The zero-order chi connectivity index (χ0) is 7.56. The average Bonchev–Trinajstić information content (AvgIpc) is 2.13. The number of carbonyl (C=O) groups is 1. The van der Waals surface area contributed by atoms with Gasteiger partial charge in [-0.2, -0.15) is 0 Å². The van der Waals surface area contributed by atoms with E-state index in [0.717, 1.165) is 0 Å². The number of aromatic nitrogens is 2. The minimum Gasteiger partial charge on any atom is -0.481 e. The Labute approximate surface area is 56.7 Å². The number of hydrogen-bond donors (Lipinski definition) is 1. The lowest BCUT2D eigenvalue weighted by Crippen LogP contribution is -1.99. The van der Waals surface area contributed by atoms with Crippen LogP contribution in [0.15, 0.2) is 4.42 Å². The molecule has 0 saturated heterocycles. The van der Waals surface area contributed by atoms with E-state index in [4.69, 9.17) is 9.52 Å². The second-order valence-corrected chi connectivity index (χ2v) is 1.79. The minimum atomic E-state index is -0.969. The second-order valence-electron chi connectivity index (χ2n) is 1.79. The van der Waals surface area contributed by atoms with E-state index in [2.05, 4.69) is 10.2 Å². The molecule has 0 bridgehead atoms. The molecule has 0 aliphatic heterocycles. The lowest BCUT2D eigenvalue weighted by molar-refractivity contribution is -0.136. The van der Waals surface area contributed by atoms with Gasteiger partial charge >= 0.3 is 5.97 Å². The summed E-state index contributed by atoms with van der Waals surface area (Å²) in [6.45, 7) is 1.61. The third-order valence-electron chi connectivity index (χ3n) is 0.870. The molecular formula is C5H6N2O3. The Hall–Kier alpha value is -1.39. The molecule has 0 fully saturated rings. The van der Waals surface area contributed by atoms with Gasteiger partial charge in [-0.25, -0.2) is 0 Å². The van der Waals surface area contributed by atoms with Gasteiger partial charge in [0.1, 0.15) is 6.42 Å². The second kappa shape index (κ2) is 2.47. The van der Waals surface area contributed by atoms with Crippen molar-refractivity contribution in [2.75, 3.05) is 0 Å². The van der Waals surface area contributed by atoms with Crippen molar-refractivity contribution < 1.29 is 14.3 Å². The number of aryl methyl sites for hydroxylation is 1. The molecule has 0 aromatic carbocycles. The molecule has 0 aliphatic rings. The van der Waals surface area contributed by atoms with Gasteiger partial charge < -0.3 is 9.52 Å². The first-order valence-corrected chi connectivity index (χ1v) is 2.69. The summed E-state index contributed by atoms with van der Waals surface area (Å²) < 4.78 is 4.79. The zero-order valence-electron chi connectivity index (χ0n) is 5.37. The molecule has 54 valence electrons. The molecule has 0 radical (unpaired) electrons. The molecule has 0 atom stereocenters. The van der Waals surface area contributed by atoms with E-state index in [1.807, 2.05) is 0 Å². The first kappa shape index (κ1) is 6.73. The van der Waals surface area contributed by atoms with Crippen LogP contribution in [0.4, 0.5) is 0 Å². The fourth-order valence-electron chi connectivity index (χ4n) is 0.538. The smallest absolute Gasteiger partial charge is 0.312 e. The summed E-state index contributed by atoms with van der Waals surface area (Å²) in [5.41, 5.74) is 0. The van der Waals surface area contributed by atoms with Crippen LogP contribution in [0.25, 0.3) is 0 Å². The molecule has 1 aromatic heterocycles. The molecule has 5 nitrogen and oxygen atoms in total. The number of rotatable bonds is 2. The van der Waals surface area contributed by atoms with Gasteiger partial charge in [-0.15, -0.1) is 10.2 Å². The number of hydrogen-bond acceptors (Lipinski definition) is 4. The minimum absolute atomic E-state index is 0.144. The topological polar surface area (TPSA) is 76.2 Å². The van der Waals surface area contributed by atoms with E-state index in [1.54, 1.807) is 6.92 Å². The molecule has 10 heavy (non-hydrogen) atoms. The molecule has 0 aliphatic carbocycles. The molecule has 0 amide bonds. The molecule has 0 spiro atoms. The first-order chi connectivity index (χ1) is 4.68. The van der Waals surface area contributed by atoms with Gasteiger partial charge in [0.05, 0.1) is 0 Å². The van der Waals surface area contributed by atoms with Crippen LogP contribution in [0.1, 0.15) is 11.8 Å². The molecule has 1 heterocycles. The molecule has 1 rings (SSSR count). The van der Waals surface area contributed by atoms with Crippen molar-refractivity contribution in [1.82, 2.24) is 10.2 Å². The monoisotopic (exact) mass is 142 g/mol. The van der Waals surface area contributed by atoms with E-state index in [-0.39, 0.29) is 12.3 Å². The lowest BCUT2D eigenvalue weighted by Gasteiger charge is -1.83. The fraction of sp³-hybridized carbons (Fsp3) is 0.400. The standard InChI is InChI=1S/C5H6N2O3/c1-3-6-7-4(10-3)2-5(8)9/h2H2,1H3,(H,8,9). The van der Waals surface area contributed by atoms with Crippen molar-refractivity contribution in [3.63, 3.8) is 0 Å². The quantitative estimate of drug-likeness (QED) is 0.629. The zero-order valence-corrected chi connectivity index (χ0v) is 5.37. The number of carboxylic acid groups (broad SMARTS) is 1. The van der Waals surface area contributed by atoms with Crippen LogP contribution < -0.4 is 0 Å². The van der Waals surface area contributed by atoms with E-state index in [1.165, 1.54) is 0 Å². The lowest BCUT2D eigenvalue weighted by atomic mass is 10.4. The van der Waals surface area contributed by atoms with Crippen LogP contribution in [0, 0.1) is 6.92 Å². The Kier molecular flexibility index (Phi) is 1.66. The third-order valence-corrected chi connectivity index (χ3v) is 0.870. The Balaban J connectivity index is 2.67. The molecule has 0 unspecified atom stereocenters. The summed E-state index contributed by atoms with van der Waals surface area (Å²) in [5.74, 6) is -0.440. The predicted molar refractivity (Wildman–Crippen MR) is 30.4 cm³/mol. The van der Waals surface area contributed by atoms with Gasteiger partial charge in [-0.05, 0) is 0 Å². The number of carboxylic acids is 1. The van der Waals surface area contributed by atoms with Crippen LogP contribution in [-0.2, 0) is 11.2 Å². The summed E-state index contributed by atoms with van der Waals surface area (Å²) in [4.78, 5) is 10.1. The maximum Gasteiger partial charge on any atom is 0.312 e.